The lowest BCUT2D eigenvalue weighted by Gasteiger charge is -2.39. The quantitative estimate of drug-likeness (QED) is 0.227. The summed E-state index contributed by atoms with van der Waals surface area (Å²) in [6.07, 6.45) is 3.89. The number of benzene rings is 4. The van der Waals surface area contributed by atoms with Gasteiger partial charge in [0.05, 0.1) is 36.5 Å². The Morgan fingerprint density at radius 1 is 0.689 bits per heavy atom. The molecule has 0 radical (unpaired) electrons. The van der Waals surface area contributed by atoms with Gasteiger partial charge in [0, 0.05) is 18.5 Å². The van der Waals surface area contributed by atoms with Crippen molar-refractivity contribution >= 4 is 11.8 Å². The highest BCUT2D eigenvalue weighted by atomic mass is 16.7. The van der Waals surface area contributed by atoms with E-state index < -0.39 is 6.29 Å². The molecule has 45 heavy (non-hydrogen) atoms. The van der Waals surface area contributed by atoms with Gasteiger partial charge in [-0.3, -0.25) is 14.5 Å². The molecule has 1 N–H and O–H groups in total. The minimum atomic E-state index is -0.530. The molecule has 7 nitrogen and oxygen atoms in total. The number of carbonyl (C=O) groups is 2. The van der Waals surface area contributed by atoms with Gasteiger partial charge in [-0.25, -0.2) is 0 Å². The molecule has 4 aromatic carbocycles. The molecule has 2 saturated heterocycles. The summed E-state index contributed by atoms with van der Waals surface area (Å²) in [6.45, 7) is 3.32. The molecule has 0 aliphatic carbocycles. The predicted octanol–water partition coefficient (Wildman–Crippen LogP) is 6.67. The summed E-state index contributed by atoms with van der Waals surface area (Å²) in [4.78, 5) is 29.8. The Kier molecular flexibility index (Phi) is 8.59. The van der Waals surface area contributed by atoms with Crippen molar-refractivity contribution in [3.63, 3.8) is 0 Å². The van der Waals surface area contributed by atoms with Gasteiger partial charge in [0.15, 0.2) is 6.29 Å². The number of amides is 2. The van der Waals surface area contributed by atoms with Crippen molar-refractivity contribution in [3.8, 4) is 11.1 Å². The van der Waals surface area contributed by atoms with E-state index in [1.807, 2.05) is 60.7 Å². The summed E-state index contributed by atoms with van der Waals surface area (Å²) in [7, 11) is 0. The van der Waals surface area contributed by atoms with Crippen LogP contribution in [0.5, 0.6) is 0 Å². The van der Waals surface area contributed by atoms with Crippen molar-refractivity contribution in [2.24, 2.45) is 0 Å². The van der Waals surface area contributed by atoms with Gasteiger partial charge < -0.3 is 19.5 Å². The number of nitrogens with zero attached hydrogens (tertiary/aromatic N) is 2. The van der Waals surface area contributed by atoms with Crippen LogP contribution in [0.25, 0.3) is 11.1 Å². The largest absolute Gasteiger partial charge is 0.392 e. The van der Waals surface area contributed by atoms with E-state index >= 15 is 0 Å². The second-order valence-corrected chi connectivity index (χ2v) is 12.3. The van der Waals surface area contributed by atoms with Crippen LogP contribution >= 0.6 is 0 Å². The van der Waals surface area contributed by atoms with Crippen LogP contribution in [0.1, 0.15) is 81.0 Å². The second kappa shape index (κ2) is 13.1. The van der Waals surface area contributed by atoms with Crippen molar-refractivity contribution in [2.45, 2.75) is 57.3 Å². The summed E-state index contributed by atoms with van der Waals surface area (Å²) in [5.41, 5.74) is 6.70. The van der Waals surface area contributed by atoms with E-state index in [2.05, 4.69) is 17.0 Å². The van der Waals surface area contributed by atoms with Crippen LogP contribution < -0.4 is 0 Å². The normalized spacial score (nSPS) is 22.1. The maximum absolute atomic E-state index is 13.0. The number of imide groups is 1. The molecule has 4 aromatic rings. The molecular weight excluding hydrogens is 564 g/mol. The van der Waals surface area contributed by atoms with Crippen LogP contribution in [0.3, 0.4) is 0 Å². The van der Waals surface area contributed by atoms with E-state index in [0.717, 1.165) is 59.4 Å². The van der Waals surface area contributed by atoms with Crippen LogP contribution in [0.2, 0.25) is 0 Å². The molecule has 3 aliphatic rings. The number of piperidine rings is 1. The van der Waals surface area contributed by atoms with Crippen molar-refractivity contribution in [3.05, 3.63) is 130 Å². The molecule has 0 saturated carbocycles. The zero-order chi connectivity index (χ0) is 30.8. The van der Waals surface area contributed by atoms with Gasteiger partial charge >= 0.3 is 0 Å². The minimum Gasteiger partial charge on any atom is -0.392 e. The number of hydrogen-bond donors (Lipinski definition) is 1. The highest BCUT2D eigenvalue weighted by molar-refractivity contribution is 6.21. The van der Waals surface area contributed by atoms with E-state index in [0.29, 0.717) is 11.1 Å². The Bertz CT molecular complexity index is 1640. The van der Waals surface area contributed by atoms with Crippen LogP contribution in [0.4, 0.5) is 0 Å². The van der Waals surface area contributed by atoms with Gasteiger partial charge in [0.25, 0.3) is 11.8 Å². The highest BCUT2D eigenvalue weighted by Gasteiger charge is 2.35. The Balaban J connectivity index is 1.12. The Labute approximate surface area is 264 Å². The number of likely N-dealkylation sites (tertiary alicyclic amines) is 1. The molecule has 0 aromatic heterocycles. The summed E-state index contributed by atoms with van der Waals surface area (Å²) >= 11 is 0. The van der Waals surface area contributed by atoms with E-state index in [-0.39, 0.29) is 37.2 Å². The molecule has 7 rings (SSSR count). The zero-order valence-electron chi connectivity index (χ0n) is 25.3. The fraction of sp³-hybridized carbons (Fsp3) is 0.316. The summed E-state index contributed by atoms with van der Waals surface area (Å²) in [5.74, 6) is -0.511. The van der Waals surface area contributed by atoms with Crippen LogP contribution in [-0.2, 0) is 22.6 Å². The SMILES string of the molecule is O=C1c2ccccc2C(=O)N1Cc1cccc(-c2cccc([C@@H]3O[C@H](CN4CCCCC4)C[C@H](c4ccc(CO)cc4)O3)c2)c1. The number of aliphatic hydroxyl groups is 1. The predicted molar refractivity (Wildman–Crippen MR) is 171 cm³/mol. The molecular formula is C38H38N2O5. The van der Waals surface area contributed by atoms with E-state index in [1.54, 1.807) is 24.3 Å². The maximum atomic E-state index is 13.0. The smallest absolute Gasteiger partial charge is 0.261 e. The fourth-order valence-corrected chi connectivity index (χ4v) is 6.74. The zero-order valence-corrected chi connectivity index (χ0v) is 25.3. The van der Waals surface area contributed by atoms with Crippen LogP contribution in [0, 0.1) is 0 Å². The number of rotatable bonds is 8. The number of fused-ring (bicyclic) bond motifs is 1. The summed E-state index contributed by atoms with van der Waals surface area (Å²) in [6, 6.07) is 31.2. The topological polar surface area (TPSA) is 79.3 Å². The fourth-order valence-electron chi connectivity index (χ4n) is 6.74. The molecule has 0 spiro atoms. The van der Waals surface area contributed by atoms with Gasteiger partial charge in [-0.15, -0.1) is 0 Å². The van der Waals surface area contributed by atoms with E-state index in [4.69, 9.17) is 9.47 Å². The number of carbonyl (C=O) groups excluding carboxylic acids is 2. The van der Waals surface area contributed by atoms with Crippen molar-refractivity contribution < 1.29 is 24.2 Å². The molecule has 3 aliphatic heterocycles. The molecule has 3 heterocycles. The summed E-state index contributed by atoms with van der Waals surface area (Å²) in [5, 5.41) is 9.53. The first-order chi connectivity index (χ1) is 22.1. The Morgan fingerprint density at radius 2 is 1.38 bits per heavy atom. The lowest BCUT2D eigenvalue weighted by Crippen LogP contribution is -2.41. The van der Waals surface area contributed by atoms with E-state index in [1.165, 1.54) is 24.2 Å². The van der Waals surface area contributed by atoms with E-state index in [9.17, 15) is 14.7 Å². The van der Waals surface area contributed by atoms with Gasteiger partial charge in [-0.05, 0) is 78.0 Å². The van der Waals surface area contributed by atoms with Gasteiger partial charge in [-0.2, -0.15) is 0 Å². The van der Waals surface area contributed by atoms with Crippen molar-refractivity contribution in [1.29, 1.82) is 0 Å². The van der Waals surface area contributed by atoms with Crippen molar-refractivity contribution in [2.75, 3.05) is 19.6 Å². The maximum Gasteiger partial charge on any atom is 0.261 e. The van der Waals surface area contributed by atoms with Crippen LogP contribution in [0.15, 0.2) is 97.1 Å². The molecule has 0 unspecified atom stereocenters. The number of ether oxygens (including phenoxy) is 2. The third-order valence-electron chi connectivity index (χ3n) is 9.16. The Morgan fingerprint density at radius 3 is 2.09 bits per heavy atom. The molecule has 7 heteroatoms. The second-order valence-electron chi connectivity index (χ2n) is 12.3. The van der Waals surface area contributed by atoms with Crippen LogP contribution in [-0.4, -0.2) is 52.5 Å². The molecule has 2 fully saturated rings. The lowest BCUT2D eigenvalue weighted by atomic mass is 9.98. The lowest BCUT2D eigenvalue weighted by molar-refractivity contribution is -0.253. The average molecular weight is 603 g/mol. The average Bonchev–Trinajstić information content (AvgIpc) is 3.33. The molecule has 230 valence electrons. The molecule has 3 atom stereocenters. The first-order valence-corrected chi connectivity index (χ1v) is 15.9. The highest BCUT2D eigenvalue weighted by Crippen LogP contribution is 2.39. The third kappa shape index (κ3) is 6.35. The number of aliphatic hydroxyl groups excluding tert-OH is 1. The van der Waals surface area contributed by atoms with Gasteiger partial charge in [-0.1, -0.05) is 79.2 Å². The first-order valence-electron chi connectivity index (χ1n) is 15.9. The van der Waals surface area contributed by atoms with Gasteiger partial charge in [0.1, 0.15) is 0 Å². The molecule has 2 amide bonds. The van der Waals surface area contributed by atoms with Gasteiger partial charge in [0.2, 0.25) is 0 Å². The Hall–Kier alpha value is -4.14. The third-order valence-corrected chi connectivity index (χ3v) is 9.16. The van der Waals surface area contributed by atoms with Crippen molar-refractivity contribution in [1.82, 2.24) is 9.80 Å². The number of hydrogen-bond acceptors (Lipinski definition) is 6. The summed E-state index contributed by atoms with van der Waals surface area (Å²) < 4.78 is 13.3. The molecule has 0 bridgehead atoms. The standard InChI is InChI=1S/C38H38N2O5/c41-25-26-14-16-28(17-15-26)35-22-32(24-39-18-4-1-5-19-39)44-38(45-35)31-11-7-10-30(21-31)29-9-6-8-27(20-29)23-40-36(42)33-12-2-3-13-34(33)37(40)43/h2-3,6-17,20-21,32,35,38,41H,1,4-5,18-19,22-25H2/t32-,35+,38+/m0/s1. The first kappa shape index (κ1) is 29.6. The monoisotopic (exact) mass is 602 g/mol. The minimum absolute atomic E-state index is 0.0153.